The number of para-hydroxylation sites is 1. The Labute approximate surface area is 137 Å². The van der Waals surface area contributed by atoms with E-state index in [1.165, 1.54) is 5.56 Å². The molecule has 3 nitrogen and oxygen atoms in total. The monoisotopic (exact) mass is 306 g/mol. The van der Waals surface area contributed by atoms with Gasteiger partial charge in [-0.1, -0.05) is 63.2 Å². The first kappa shape index (κ1) is 15.3. The maximum atomic E-state index is 5.96. The summed E-state index contributed by atoms with van der Waals surface area (Å²) in [6, 6.07) is 18.2. The van der Waals surface area contributed by atoms with Crippen LogP contribution in [0.25, 0.3) is 11.4 Å². The second kappa shape index (κ2) is 6.29. The molecule has 23 heavy (non-hydrogen) atoms. The van der Waals surface area contributed by atoms with E-state index in [0.717, 1.165) is 23.6 Å². The number of hydrogen-bond donors (Lipinski definition) is 0. The molecule has 3 rings (SSSR count). The van der Waals surface area contributed by atoms with Crippen molar-refractivity contribution < 1.29 is 4.84 Å². The van der Waals surface area contributed by atoms with Crippen molar-refractivity contribution in [2.75, 3.05) is 0 Å². The van der Waals surface area contributed by atoms with E-state index < -0.39 is 0 Å². The molecule has 0 saturated heterocycles. The molecule has 0 atom stereocenters. The number of aromatic nitrogens is 2. The van der Waals surface area contributed by atoms with Crippen molar-refractivity contribution in [2.24, 2.45) is 0 Å². The molecule has 0 spiro atoms. The zero-order chi connectivity index (χ0) is 16.3. The molecule has 118 valence electrons. The molecular weight excluding hydrogens is 284 g/mol. The lowest BCUT2D eigenvalue weighted by atomic mass is 9.79. The lowest BCUT2D eigenvalue weighted by Gasteiger charge is -2.26. The van der Waals surface area contributed by atoms with Crippen LogP contribution in [0.2, 0.25) is 0 Å². The molecule has 3 aromatic rings. The summed E-state index contributed by atoms with van der Waals surface area (Å²) in [5.74, 6) is 1.62. The fourth-order valence-corrected chi connectivity index (χ4v) is 2.61. The van der Waals surface area contributed by atoms with Crippen LogP contribution in [-0.2, 0) is 5.41 Å². The van der Waals surface area contributed by atoms with Crippen LogP contribution in [0.4, 0.5) is 0 Å². The Balaban J connectivity index is 2.03. The lowest BCUT2D eigenvalue weighted by molar-refractivity contribution is 0.220. The third kappa shape index (κ3) is 3.14. The molecule has 0 aliphatic heterocycles. The second-order valence-corrected chi connectivity index (χ2v) is 6.26. The molecule has 1 heterocycles. The largest absolute Gasteiger partial charge is 0.374 e. The van der Waals surface area contributed by atoms with Crippen molar-refractivity contribution in [1.82, 2.24) is 9.71 Å². The first-order valence-electron chi connectivity index (χ1n) is 7.98. The smallest absolute Gasteiger partial charge is 0.176 e. The fraction of sp³-hybridized carbons (Fsp3) is 0.250. The Morgan fingerprint density at radius 2 is 1.70 bits per heavy atom. The van der Waals surface area contributed by atoms with Crippen LogP contribution >= 0.6 is 0 Å². The van der Waals surface area contributed by atoms with E-state index in [-0.39, 0.29) is 5.41 Å². The van der Waals surface area contributed by atoms with Crippen LogP contribution in [0.3, 0.4) is 0 Å². The van der Waals surface area contributed by atoms with Crippen LogP contribution in [0.15, 0.2) is 67.0 Å². The van der Waals surface area contributed by atoms with E-state index >= 15 is 0 Å². The number of rotatable bonds is 5. The van der Waals surface area contributed by atoms with Gasteiger partial charge in [-0.25, -0.2) is 4.98 Å². The maximum Gasteiger partial charge on any atom is 0.176 e. The van der Waals surface area contributed by atoms with Crippen molar-refractivity contribution in [3.8, 4) is 17.1 Å². The predicted molar refractivity (Wildman–Crippen MR) is 93.4 cm³/mol. The average molecular weight is 306 g/mol. The third-order valence-electron chi connectivity index (χ3n) is 4.34. The summed E-state index contributed by atoms with van der Waals surface area (Å²) in [5.41, 5.74) is 2.48. The molecule has 0 bridgehead atoms. The van der Waals surface area contributed by atoms with Crippen molar-refractivity contribution >= 4 is 0 Å². The summed E-state index contributed by atoms with van der Waals surface area (Å²) >= 11 is 0. The third-order valence-corrected chi connectivity index (χ3v) is 4.34. The lowest BCUT2D eigenvalue weighted by Crippen LogP contribution is -2.18. The van der Waals surface area contributed by atoms with Gasteiger partial charge in [0.15, 0.2) is 11.6 Å². The van der Waals surface area contributed by atoms with Gasteiger partial charge < -0.3 is 4.84 Å². The Morgan fingerprint density at radius 3 is 2.43 bits per heavy atom. The zero-order valence-electron chi connectivity index (χ0n) is 13.9. The van der Waals surface area contributed by atoms with Crippen LogP contribution < -0.4 is 4.84 Å². The molecule has 0 N–H and O–H groups in total. The molecule has 0 radical (unpaired) electrons. The summed E-state index contributed by atoms with van der Waals surface area (Å²) in [5, 5.41) is 0. The summed E-state index contributed by atoms with van der Waals surface area (Å²) in [6.45, 7) is 6.73. The molecule has 0 unspecified atom stereocenters. The minimum absolute atomic E-state index is 0.0835. The van der Waals surface area contributed by atoms with Gasteiger partial charge in [-0.2, -0.15) is 4.73 Å². The highest BCUT2D eigenvalue weighted by atomic mass is 16.7. The van der Waals surface area contributed by atoms with Crippen LogP contribution in [0.1, 0.15) is 32.8 Å². The molecule has 0 aliphatic rings. The van der Waals surface area contributed by atoms with Gasteiger partial charge in [0.25, 0.3) is 0 Å². The van der Waals surface area contributed by atoms with Gasteiger partial charge in [0.05, 0.1) is 6.20 Å². The van der Waals surface area contributed by atoms with E-state index in [2.05, 4.69) is 44.0 Å². The number of benzene rings is 2. The number of hydrogen-bond acceptors (Lipinski definition) is 2. The molecule has 0 amide bonds. The van der Waals surface area contributed by atoms with Gasteiger partial charge in [0, 0.05) is 11.8 Å². The first-order valence-corrected chi connectivity index (χ1v) is 7.98. The van der Waals surface area contributed by atoms with Gasteiger partial charge in [-0.05, 0) is 29.5 Å². The molecule has 0 fully saturated rings. The topological polar surface area (TPSA) is 27.1 Å². The van der Waals surface area contributed by atoms with E-state index in [1.54, 1.807) is 10.9 Å². The van der Waals surface area contributed by atoms with Crippen LogP contribution in [0.5, 0.6) is 5.75 Å². The van der Waals surface area contributed by atoms with E-state index in [9.17, 15) is 0 Å². The highest BCUT2D eigenvalue weighted by molar-refractivity contribution is 5.62. The van der Waals surface area contributed by atoms with Gasteiger partial charge in [-0.3, -0.25) is 0 Å². The summed E-state index contributed by atoms with van der Waals surface area (Å²) in [4.78, 5) is 10.5. The average Bonchev–Trinajstić information content (AvgIpc) is 3.04. The first-order chi connectivity index (χ1) is 11.1. The van der Waals surface area contributed by atoms with E-state index in [0.29, 0.717) is 0 Å². The SMILES string of the molecule is CCC(C)(C)c1ccccc1-c1nccn1Oc1ccccc1. The zero-order valence-corrected chi connectivity index (χ0v) is 13.9. The Morgan fingerprint density at radius 1 is 1.00 bits per heavy atom. The van der Waals surface area contributed by atoms with Crippen LogP contribution in [0, 0.1) is 0 Å². The normalized spacial score (nSPS) is 11.4. The van der Waals surface area contributed by atoms with Crippen molar-refractivity contribution in [3.63, 3.8) is 0 Å². The molecule has 0 aliphatic carbocycles. The molecule has 3 heteroatoms. The van der Waals surface area contributed by atoms with Gasteiger partial charge >= 0.3 is 0 Å². The van der Waals surface area contributed by atoms with E-state index in [4.69, 9.17) is 4.84 Å². The van der Waals surface area contributed by atoms with Crippen molar-refractivity contribution in [1.29, 1.82) is 0 Å². The van der Waals surface area contributed by atoms with E-state index in [1.807, 2.05) is 42.6 Å². The fourth-order valence-electron chi connectivity index (χ4n) is 2.61. The number of imidazole rings is 1. The predicted octanol–water partition coefficient (Wildman–Crippen LogP) is 5.08. The Hall–Kier alpha value is -2.55. The maximum absolute atomic E-state index is 5.96. The minimum Gasteiger partial charge on any atom is -0.374 e. The van der Waals surface area contributed by atoms with Crippen LogP contribution in [-0.4, -0.2) is 9.71 Å². The van der Waals surface area contributed by atoms with Gasteiger partial charge in [0.1, 0.15) is 0 Å². The Bertz CT molecular complexity index is 775. The van der Waals surface area contributed by atoms with Crippen molar-refractivity contribution in [2.45, 2.75) is 32.6 Å². The van der Waals surface area contributed by atoms with Gasteiger partial charge in [-0.15, -0.1) is 0 Å². The molecule has 1 aromatic heterocycles. The highest BCUT2D eigenvalue weighted by Gasteiger charge is 2.23. The number of nitrogens with zero attached hydrogens (tertiary/aromatic N) is 2. The standard InChI is InChI=1S/C20H22N2O/c1-4-20(2,3)18-13-9-8-12-17(18)19-21-14-15-22(19)23-16-10-6-5-7-11-16/h5-15H,4H2,1-3H3. The highest BCUT2D eigenvalue weighted by Crippen LogP contribution is 2.34. The second-order valence-electron chi connectivity index (χ2n) is 6.26. The van der Waals surface area contributed by atoms with Gasteiger partial charge in [0.2, 0.25) is 0 Å². The molecule has 2 aromatic carbocycles. The summed E-state index contributed by atoms with van der Waals surface area (Å²) < 4.78 is 1.74. The quantitative estimate of drug-likeness (QED) is 0.657. The molecule has 0 saturated carbocycles. The summed E-state index contributed by atoms with van der Waals surface area (Å²) in [6.07, 6.45) is 4.68. The minimum atomic E-state index is 0.0835. The molecular formula is C20H22N2O. The summed E-state index contributed by atoms with van der Waals surface area (Å²) in [7, 11) is 0. The Kier molecular flexibility index (Phi) is 4.20. The van der Waals surface area contributed by atoms with Crippen molar-refractivity contribution in [3.05, 3.63) is 72.6 Å².